The topological polar surface area (TPSA) is 39.2 Å². The molecule has 1 aromatic heterocycles. The van der Waals surface area contributed by atoms with E-state index in [1.165, 1.54) is 5.56 Å². The highest BCUT2D eigenvalue weighted by Gasteiger charge is 2.22. The number of aryl methyl sites for hydroxylation is 2. The van der Waals surface area contributed by atoms with Crippen molar-refractivity contribution in [2.45, 2.75) is 25.8 Å². The second-order valence-corrected chi connectivity index (χ2v) is 2.89. The molecule has 0 bridgehead atoms. The van der Waals surface area contributed by atoms with Crippen molar-refractivity contribution in [3.05, 3.63) is 23.2 Å². The first-order valence-corrected chi connectivity index (χ1v) is 3.62. The average molecular weight is 137 g/mol. The summed E-state index contributed by atoms with van der Waals surface area (Å²) in [4.78, 5) is 0. The summed E-state index contributed by atoms with van der Waals surface area (Å²) < 4.78 is 5.41. The molecule has 0 amide bonds. The zero-order valence-corrected chi connectivity index (χ0v) is 6.05. The molecule has 1 heterocycles. The molecule has 0 fully saturated rings. The predicted molar refractivity (Wildman–Crippen MR) is 38.7 cm³/mol. The molecule has 0 aromatic carbocycles. The van der Waals surface area contributed by atoms with Crippen LogP contribution >= 0.6 is 0 Å². The molecule has 1 aromatic rings. The molecule has 0 saturated heterocycles. The second-order valence-electron chi connectivity index (χ2n) is 2.89. The van der Waals surface area contributed by atoms with E-state index in [2.05, 4.69) is 6.07 Å². The molecule has 1 aliphatic carbocycles. The van der Waals surface area contributed by atoms with Crippen molar-refractivity contribution >= 4 is 0 Å². The third kappa shape index (κ3) is 0.688. The highest BCUT2D eigenvalue weighted by atomic mass is 16.3. The van der Waals surface area contributed by atoms with Gasteiger partial charge in [-0.15, -0.1) is 0 Å². The van der Waals surface area contributed by atoms with Gasteiger partial charge in [0.15, 0.2) is 0 Å². The quantitative estimate of drug-likeness (QED) is 0.589. The van der Waals surface area contributed by atoms with Crippen molar-refractivity contribution < 1.29 is 4.42 Å². The third-order valence-corrected chi connectivity index (χ3v) is 2.03. The summed E-state index contributed by atoms with van der Waals surface area (Å²) in [5.41, 5.74) is 7.08. The summed E-state index contributed by atoms with van der Waals surface area (Å²) in [6.45, 7) is 1.96. The van der Waals surface area contributed by atoms with Gasteiger partial charge in [0, 0.05) is 0 Å². The van der Waals surface area contributed by atoms with Crippen LogP contribution in [0.1, 0.15) is 29.5 Å². The maximum atomic E-state index is 5.77. The Morgan fingerprint density at radius 3 is 3.20 bits per heavy atom. The summed E-state index contributed by atoms with van der Waals surface area (Å²) in [6.07, 6.45) is 2.14. The fourth-order valence-electron chi connectivity index (χ4n) is 1.54. The van der Waals surface area contributed by atoms with E-state index in [4.69, 9.17) is 10.2 Å². The molecule has 2 nitrogen and oxygen atoms in total. The standard InChI is InChI=1S/C8H11NO/c1-5-4-6-2-3-7(9)8(6)10-5/h4,7H,2-3,9H2,1H3. The molecule has 10 heavy (non-hydrogen) atoms. The first-order valence-electron chi connectivity index (χ1n) is 3.62. The Bertz CT molecular complexity index is 252. The van der Waals surface area contributed by atoms with E-state index in [1.54, 1.807) is 0 Å². The van der Waals surface area contributed by atoms with Crippen LogP contribution in [0, 0.1) is 6.92 Å². The highest BCUT2D eigenvalue weighted by molar-refractivity contribution is 5.28. The van der Waals surface area contributed by atoms with Crippen molar-refractivity contribution in [2.75, 3.05) is 0 Å². The fraction of sp³-hybridized carbons (Fsp3) is 0.500. The molecule has 0 radical (unpaired) electrons. The van der Waals surface area contributed by atoms with Crippen LogP contribution in [0.2, 0.25) is 0 Å². The van der Waals surface area contributed by atoms with Gasteiger partial charge in [-0.05, 0) is 31.4 Å². The Kier molecular flexibility index (Phi) is 1.11. The normalized spacial score (nSPS) is 23.2. The average Bonchev–Trinajstić information content (AvgIpc) is 2.35. The van der Waals surface area contributed by atoms with E-state index < -0.39 is 0 Å². The lowest BCUT2D eigenvalue weighted by atomic mass is 10.2. The number of hydrogen-bond acceptors (Lipinski definition) is 2. The van der Waals surface area contributed by atoms with Crippen molar-refractivity contribution in [2.24, 2.45) is 5.73 Å². The molecule has 1 aliphatic rings. The summed E-state index contributed by atoms with van der Waals surface area (Å²) in [7, 11) is 0. The smallest absolute Gasteiger partial charge is 0.124 e. The Hall–Kier alpha value is -0.760. The van der Waals surface area contributed by atoms with Crippen molar-refractivity contribution in [1.82, 2.24) is 0 Å². The minimum Gasteiger partial charge on any atom is -0.464 e. The third-order valence-electron chi connectivity index (χ3n) is 2.03. The van der Waals surface area contributed by atoms with Crippen molar-refractivity contribution in [3.63, 3.8) is 0 Å². The highest BCUT2D eigenvalue weighted by Crippen LogP contribution is 2.31. The molecule has 0 spiro atoms. The molecule has 0 saturated carbocycles. The van der Waals surface area contributed by atoms with Gasteiger partial charge in [0.25, 0.3) is 0 Å². The molecular weight excluding hydrogens is 126 g/mol. The van der Waals surface area contributed by atoms with Crippen LogP contribution in [0.15, 0.2) is 10.5 Å². The van der Waals surface area contributed by atoms with Gasteiger partial charge < -0.3 is 10.2 Å². The molecular formula is C8H11NO. The minimum atomic E-state index is 0.156. The van der Waals surface area contributed by atoms with Crippen LogP contribution in [0.25, 0.3) is 0 Å². The van der Waals surface area contributed by atoms with Gasteiger partial charge in [-0.25, -0.2) is 0 Å². The lowest BCUT2D eigenvalue weighted by Gasteiger charge is -1.97. The number of furan rings is 1. The number of rotatable bonds is 0. The maximum Gasteiger partial charge on any atom is 0.124 e. The van der Waals surface area contributed by atoms with Gasteiger partial charge in [0.1, 0.15) is 11.5 Å². The lowest BCUT2D eigenvalue weighted by molar-refractivity contribution is 0.453. The molecule has 0 aliphatic heterocycles. The molecule has 1 atom stereocenters. The van der Waals surface area contributed by atoms with Gasteiger partial charge in [-0.3, -0.25) is 0 Å². The SMILES string of the molecule is Cc1cc2c(o1)C(N)CC2. The first kappa shape index (κ1) is 5.98. The lowest BCUT2D eigenvalue weighted by Crippen LogP contribution is -2.04. The Labute approximate surface area is 60.0 Å². The van der Waals surface area contributed by atoms with Gasteiger partial charge in [0.05, 0.1) is 6.04 Å². The van der Waals surface area contributed by atoms with Crippen LogP contribution in [-0.4, -0.2) is 0 Å². The summed E-state index contributed by atoms with van der Waals surface area (Å²) in [5, 5.41) is 0. The fourth-order valence-corrected chi connectivity index (χ4v) is 1.54. The zero-order valence-electron chi connectivity index (χ0n) is 6.05. The predicted octanol–water partition coefficient (Wildman–Crippen LogP) is 1.53. The monoisotopic (exact) mass is 137 g/mol. The first-order chi connectivity index (χ1) is 4.77. The summed E-state index contributed by atoms with van der Waals surface area (Å²) in [5.74, 6) is 2.00. The van der Waals surface area contributed by atoms with E-state index in [9.17, 15) is 0 Å². The second kappa shape index (κ2) is 1.86. The van der Waals surface area contributed by atoms with Crippen LogP contribution < -0.4 is 5.73 Å². The minimum absolute atomic E-state index is 0.156. The van der Waals surface area contributed by atoms with E-state index in [0.717, 1.165) is 24.4 Å². The zero-order chi connectivity index (χ0) is 7.14. The van der Waals surface area contributed by atoms with Crippen molar-refractivity contribution in [1.29, 1.82) is 0 Å². The molecule has 2 N–H and O–H groups in total. The van der Waals surface area contributed by atoms with E-state index in [0.29, 0.717) is 0 Å². The Balaban J connectivity index is 2.49. The summed E-state index contributed by atoms with van der Waals surface area (Å²) >= 11 is 0. The van der Waals surface area contributed by atoms with E-state index in [-0.39, 0.29) is 6.04 Å². The van der Waals surface area contributed by atoms with Crippen LogP contribution in [0.3, 0.4) is 0 Å². The molecule has 54 valence electrons. The van der Waals surface area contributed by atoms with Gasteiger partial charge in [-0.1, -0.05) is 0 Å². The molecule has 2 rings (SSSR count). The van der Waals surface area contributed by atoms with E-state index >= 15 is 0 Å². The Morgan fingerprint density at radius 1 is 1.70 bits per heavy atom. The summed E-state index contributed by atoms with van der Waals surface area (Å²) in [6, 6.07) is 2.24. The van der Waals surface area contributed by atoms with Gasteiger partial charge in [-0.2, -0.15) is 0 Å². The maximum absolute atomic E-state index is 5.77. The van der Waals surface area contributed by atoms with Gasteiger partial charge >= 0.3 is 0 Å². The van der Waals surface area contributed by atoms with Crippen LogP contribution in [0.5, 0.6) is 0 Å². The Morgan fingerprint density at radius 2 is 2.50 bits per heavy atom. The van der Waals surface area contributed by atoms with Crippen molar-refractivity contribution in [3.8, 4) is 0 Å². The number of fused-ring (bicyclic) bond motifs is 1. The molecule has 1 unspecified atom stereocenters. The van der Waals surface area contributed by atoms with Crippen LogP contribution in [0.4, 0.5) is 0 Å². The van der Waals surface area contributed by atoms with E-state index in [1.807, 2.05) is 6.92 Å². The van der Waals surface area contributed by atoms with Gasteiger partial charge in [0.2, 0.25) is 0 Å². The largest absolute Gasteiger partial charge is 0.464 e. The number of nitrogens with two attached hydrogens (primary N) is 1. The number of hydrogen-bond donors (Lipinski definition) is 1. The molecule has 2 heteroatoms. The van der Waals surface area contributed by atoms with Crippen LogP contribution in [-0.2, 0) is 6.42 Å².